The normalized spacial score (nSPS) is 10.8. The average molecular weight is 275 g/mol. The van der Waals surface area contributed by atoms with E-state index in [1.807, 2.05) is 20.2 Å². The number of nitrogens with one attached hydrogen (secondary N) is 1. The van der Waals surface area contributed by atoms with Crippen LogP contribution in [0.1, 0.15) is 31.5 Å². The van der Waals surface area contributed by atoms with Crippen molar-refractivity contribution in [3.63, 3.8) is 0 Å². The number of aryl methyl sites for hydroxylation is 3. The highest BCUT2D eigenvalue weighted by Gasteiger charge is 2.08. The van der Waals surface area contributed by atoms with E-state index in [0.717, 1.165) is 24.1 Å². The summed E-state index contributed by atoms with van der Waals surface area (Å²) in [6.07, 6.45) is 7.15. The zero-order valence-corrected chi connectivity index (χ0v) is 12.3. The van der Waals surface area contributed by atoms with E-state index in [1.54, 1.807) is 21.6 Å². The van der Waals surface area contributed by atoms with Crippen LogP contribution in [-0.2, 0) is 26.6 Å². The van der Waals surface area contributed by atoms with Gasteiger partial charge in [-0.1, -0.05) is 13.8 Å². The molecule has 2 rings (SSSR count). The van der Waals surface area contributed by atoms with Gasteiger partial charge in [0.05, 0.1) is 5.69 Å². The molecular formula is C14H21N5O. The molecule has 0 aliphatic carbocycles. The fourth-order valence-corrected chi connectivity index (χ4v) is 2.19. The van der Waals surface area contributed by atoms with Gasteiger partial charge in [0.15, 0.2) is 5.82 Å². The van der Waals surface area contributed by atoms with Crippen LogP contribution < -0.4 is 10.9 Å². The first-order valence-corrected chi connectivity index (χ1v) is 6.96. The minimum atomic E-state index is -0.0729. The van der Waals surface area contributed by atoms with Crippen molar-refractivity contribution in [3.05, 3.63) is 40.2 Å². The Balaban J connectivity index is 2.14. The first-order valence-electron chi connectivity index (χ1n) is 6.96. The minimum Gasteiger partial charge on any atom is -0.361 e. The van der Waals surface area contributed by atoms with Gasteiger partial charge in [0.25, 0.3) is 5.56 Å². The van der Waals surface area contributed by atoms with Gasteiger partial charge in [0.2, 0.25) is 0 Å². The number of aromatic nitrogens is 4. The molecule has 0 fully saturated rings. The first-order chi connectivity index (χ1) is 9.65. The number of rotatable bonds is 6. The smallest absolute Gasteiger partial charge is 0.293 e. The highest BCUT2D eigenvalue weighted by Crippen LogP contribution is 2.08. The van der Waals surface area contributed by atoms with E-state index >= 15 is 0 Å². The van der Waals surface area contributed by atoms with E-state index in [2.05, 4.69) is 22.3 Å². The van der Waals surface area contributed by atoms with Crippen LogP contribution in [0.15, 0.2) is 23.4 Å². The first kappa shape index (κ1) is 14.3. The molecule has 2 aromatic heterocycles. The van der Waals surface area contributed by atoms with Crippen molar-refractivity contribution in [2.45, 2.75) is 39.8 Å². The number of hydrogen-bond acceptors (Lipinski definition) is 4. The Morgan fingerprint density at radius 1 is 1.35 bits per heavy atom. The van der Waals surface area contributed by atoms with Gasteiger partial charge in [0, 0.05) is 44.3 Å². The van der Waals surface area contributed by atoms with Crippen LogP contribution >= 0.6 is 0 Å². The molecule has 0 spiro atoms. The molecule has 0 unspecified atom stereocenters. The minimum absolute atomic E-state index is 0.0729. The molecule has 2 aromatic rings. The molecule has 0 bridgehead atoms. The molecule has 1 N–H and O–H groups in total. The number of anilines is 1. The van der Waals surface area contributed by atoms with E-state index in [9.17, 15) is 4.79 Å². The van der Waals surface area contributed by atoms with E-state index < -0.39 is 0 Å². The number of hydrogen-bond donors (Lipinski definition) is 1. The summed E-state index contributed by atoms with van der Waals surface area (Å²) in [5.74, 6) is 0.395. The van der Waals surface area contributed by atoms with Gasteiger partial charge in [-0.25, -0.2) is 4.98 Å². The van der Waals surface area contributed by atoms with Gasteiger partial charge in [-0.05, 0) is 12.8 Å². The van der Waals surface area contributed by atoms with Crippen LogP contribution in [-0.4, -0.2) is 19.3 Å². The van der Waals surface area contributed by atoms with Crippen molar-refractivity contribution in [2.75, 3.05) is 5.32 Å². The fraction of sp³-hybridized carbons (Fsp3) is 0.500. The lowest BCUT2D eigenvalue weighted by Crippen LogP contribution is -2.24. The summed E-state index contributed by atoms with van der Waals surface area (Å²) in [5.41, 5.74) is 2.07. The molecule has 0 aliphatic rings. The zero-order valence-electron chi connectivity index (χ0n) is 12.3. The summed E-state index contributed by atoms with van der Waals surface area (Å²) in [4.78, 5) is 16.3. The summed E-state index contributed by atoms with van der Waals surface area (Å²) in [7, 11) is 1.90. The lowest BCUT2D eigenvalue weighted by Gasteiger charge is -2.08. The molecule has 0 aliphatic heterocycles. The maximum Gasteiger partial charge on any atom is 0.293 e. The van der Waals surface area contributed by atoms with Crippen molar-refractivity contribution < 1.29 is 0 Å². The summed E-state index contributed by atoms with van der Waals surface area (Å²) in [6, 6.07) is 0. The Labute approximate surface area is 118 Å². The fourth-order valence-electron chi connectivity index (χ4n) is 2.19. The van der Waals surface area contributed by atoms with Gasteiger partial charge in [-0.3, -0.25) is 9.48 Å². The largest absolute Gasteiger partial charge is 0.361 e. The Morgan fingerprint density at radius 2 is 2.15 bits per heavy atom. The topological polar surface area (TPSA) is 64.7 Å². The average Bonchev–Trinajstić information content (AvgIpc) is 2.80. The third-order valence-corrected chi connectivity index (χ3v) is 3.15. The molecule has 0 amide bonds. The molecule has 6 nitrogen and oxygen atoms in total. The van der Waals surface area contributed by atoms with Gasteiger partial charge in [-0.2, -0.15) is 5.10 Å². The molecular weight excluding hydrogens is 254 g/mol. The van der Waals surface area contributed by atoms with E-state index in [4.69, 9.17) is 0 Å². The standard InChI is InChI=1S/C14H21N5O/c1-4-7-19-8-6-15-13(14(19)20)16-9-11-10-18(3)17-12(11)5-2/h6,8,10H,4-5,7,9H2,1-3H3,(H,15,16). The van der Waals surface area contributed by atoms with Gasteiger partial charge in [-0.15, -0.1) is 0 Å². The van der Waals surface area contributed by atoms with Gasteiger partial charge >= 0.3 is 0 Å². The molecule has 0 atom stereocenters. The predicted molar refractivity (Wildman–Crippen MR) is 78.7 cm³/mol. The van der Waals surface area contributed by atoms with Crippen molar-refractivity contribution >= 4 is 5.82 Å². The molecule has 0 saturated carbocycles. The third kappa shape index (κ3) is 3.07. The highest BCUT2D eigenvalue weighted by atomic mass is 16.1. The van der Waals surface area contributed by atoms with Crippen molar-refractivity contribution in [2.24, 2.45) is 7.05 Å². The lowest BCUT2D eigenvalue weighted by molar-refractivity contribution is 0.649. The Morgan fingerprint density at radius 3 is 2.85 bits per heavy atom. The van der Waals surface area contributed by atoms with Gasteiger partial charge < -0.3 is 9.88 Å². The molecule has 0 radical (unpaired) electrons. The quantitative estimate of drug-likeness (QED) is 0.869. The molecule has 108 valence electrons. The van der Waals surface area contributed by atoms with Crippen molar-refractivity contribution in [1.29, 1.82) is 0 Å². The van der Waals surface area contributed by atoms with Crippen molar-refractivity contribution in [3.8, 4) is 0 Å². The molecule has 20 heavy (non-hydrogen) atoms. The third-order valence-electron chi connectivity index (χ3n) is 3.15. The second-order valence-corrected chi connectivity index (χ2v) is 4.76. The Hall–Kier alpha value is -2.11. The van der Waals surface area contributed by atoms with Crippen LogP contribution in [0.2, 0.25) is 0 Å². The lowest BCUT2D eigenvalue weighted by atomic mass is 10.2. The van der Waals surface area contributed by atoms with Crippen LogP contribution in [0.25, 0.3) is 0 Å². The van der Waals surface area contributed by atoms with E-state index in [1.165, 1.54) is 0 Å². The molecule has 0 aromatic carbocycles. The maximum absolute atomic E-state index is 12.2. The van der Waals surface area contributed by atoms with Crippen LogP contribution in [0.5, 0.6) is 0 Å². The Bertz CT molecular complexity index is 629. The van der Waals surface area contributed by atoms with Crippen LogP contribution in [0.3, 0.4) is 0 Å². The van der Waals surface area contributed by atoms with E-state index in [-0.39, 0.29) is 5.56 Å². The second kappa shape index (κ2) is 6.36. The van der Waals surface area contributed by atoms with Crippen LogP contribution in [0.4, 0.5) is 5.82 Å². The molecule has 2 heterocycles. The predicted octanol–water partition coefficient (Wildman–Crippen LogP) is 1.56. The summed E-state index contributed by atoms with van der Waals surface area (Å²) < 4.78 is 3.48. The maximum atomic E-state index is 12.2. The molecule has 6 heteroatoms. The summed E-state index contributed by atoms with van der Waals surface area (Å²) in [6.45, 7) is 5.39. The van der Waals surface area contributed by atoms with Gasteiger partial charge in [0.1, 0.15) is 0 Å². The molecule has 0 saturated heterocycles. The highest BCUT2D eigenvalue weighted by molar-refractivity contribution is 5.33. The monoisotopic (exact) mass is 275 g/mol. The van der Waals surface area contributed by atoms with Crippen LogP contribution in [0, 0.1) is 0 Å². The van der Waals surface area contributed by atoms with E-state index in [0.29, 0.717) is 18.9 Å². The van der Waals surface area contributed by atoms with Crippen molar-refractivity contribution in [1.82, 2.24) is 19.3 Å². The summed E-state index contributed by atoms with van der Waals surface area (Å²) in [5, 5.41) is 7.50. The zero-order chi connectivity index (χ0) is 14.5. The Kier molecular flexibility index (Phi) is 4.55. The second-order valence-electron chi connectivity index (χ2n) is 4.76. The summed E-state index contributed by atoms with van der Waals surface area (Å²) >= 11 is 0. The number of nitrogens with zero attached hydrogens (tertiary/aromatic N) is 4. The SMILES string of the molecule is CCCn1ccnc(NCc2cn(C)nc2CC)c1=O.